The summed E-state index contributed by atoms with van der Waals surface area (Å²) < 4.78 is 0. The van der Waals surface area contributed by atoms with Gasteiger partial charge in [0.15, 0.2) is 0 Å². The third-order valence-electron chi connectivity index (χ3n) is 0.369. The molecular weight excluding hydrogens is 233 g/mol. The quantitative estimate of drug-likeness (QED) is 0.617. The second-order valence-electron chi connectivity index (χ2n) is 1.49. The Hall–Kier alpha value is 1.13. The molecule has 0 saturated heterocycles. The van der Waals surface area contributed by atoms with Crippen molar-refractivity contribution in [2.24, 2.45) is 0 Å². The van der Waals surface area contributed by atoms with Crippen molar-refractivity contribution in [1.29, 1.82) is 0 Å². The molecule has 0 bridgehead atoms. The van der Waals surface area contributed by atoms with Gasteiger partial charge in [0.2, 0.25) is 0 Å². The summed E-state index contributed by atoms with van der Waals surface area (Å²) in [4.78, 5) is 1.72. The van der Waals surface area contributed by atoms with Gasteiger partial charge in [-0.25, -0.2) is 0 Å². The standard InChI is InChI=1S/C4H7Cl3Se/c1-4(5)3-8(2,6)7/h3H,1-2H3/b4-3+. The van der Waals surface area contributed by atoms with Crippen molar-refractivity contribution < 1.29 is 0 Å². The molecule has 0 unspecified atom stereocenters. The molecule has 0 fully saturated rings. The molecule has 0 heterocycles. The first-order valence-corrected chi connectivity index (χ1v) is 9.51. The van der Waals surface area contributed by atoms with E-state index >= 15 is 0 Å². The summed E-state index contributed by atoms with van der Waals surface area (Å²) in [5.74, 6) is 1.81. The number of hydrogen-bond acceptors (Lipinski definition) is 0. The minimum atomic E-state index is -2.23. The van der Waals surface area contributed by atoms with Crippen LogP contribution in [0.2, 0.25) is 5.82 Å². The normalized spacial score (nSPS) is 16.4. The second kappa shape index (κ2) is 3.34. The molecule has 0 aromatic rings. The van der Waals surface area contributed by atoms with E-state index in [0.717, 1.165) is 0 Å². The summed E-state index contributed by atoms with van der Waals surface area (Å²) in [6.07, 6.45) is 0. The van der Waals surface area contributed by atoms with E-state index in [2.05, 4.69) is 0 Å². The van der Waals surface area contributed by atoms with Crippen LogP contribution in [0.3, 0.4) is 0 Å². The fourth-order valence-electron chi connectivity index (χ4n) is 0.285. The van der Waals surface area contributed by atoms with Crippen LogP contribution in [-0.4, -0.2) is 11.0 Å². The van der Waals surface area contributed by atoms with E-state index in [1.165, 1.54) is 0 Å². The van der Waals surface area contributed by atoms with Crippen LogP contribution < -0.4 is 0 Å². The summed E-state index contributed by atoms with van der Waals surface area (Å²) in [6.45, 7) is 1.77. The van der Waals surface area contributed by atoms with Gasteiger partial charge in [0.1, 0.15) is 0 Å². The fraction of sp³-hybridized carbons (Fsp3) is 0.500. The number of hydrogen-bond donors (Lipinski definition) is 0. The van der Waals surface area contributed by atoms with Gasteiger partial charge in [-0.3, -0.25) is 0 Å². The topological polar surface area (TPSA) is 0 Å². The molecule has 0 rings (SSSR count). The fourth-order valence-corrected chi connectivity index (χ4v) is 4.27. The maximum absolute atomic E-state index is 5.69. The zero-order chi connectivity index (χ0) is 6.78. The molecule has 0 aliphatic rings. The van der Waals surface area contributed by atoms with Crippen LogP contribution in [0.25, 0.3) is 0 Å². The van der Waals surface area contributed by atoms with Crippen molar-refractivity contribution in [1.82, 2.24) is 0 Å². The third-order valence-corrected chi connectivity index (χ3v) is 3.31. The Balaban J connectivity index is 3.89. The monoisotopic (exact) mass is 240 g/mol. The Bertz CT molecular complexity index is 98.3. The van der Waals surface area contributed by atoms with Crippen molar-refractivity contribution in [3.8, 4) is 0 Å². The molecule has 0 nitrogen and oxygen atoms in total. The van der Waals surface area contributed by atoms with Crippen molar-refractivity contribution in [3.05, 3.63) is 10.0 Å². The van der Waals surface area contributed by atoms with Crippen LogP contribution in [-0.2, 0) is 0 Å². The van der Waals surface area contributed by atoms with E-state index in [1.54, 1.807) is 11.9 Å². The average Bonchev–Trinajstić information content (AvgIpc) is 1.21. The van der Waals surface area contributed by atoms with Crippen molar-refractivity contribution in [2.45, 2.75) is 12.7 Å². The molecule has 0 N–H and O–H groups in total. The van der Waals surface area contributed by atoms with Crippen LogP contribution >= 0.6 is 31.8 Å². The average molecular weight is 240 g/mol. The zero-order valence-corrected chi connectivity index (χ0v) is 8.60. The van der Waals surface area contributed by atoms with E-state index in [0.29, 0.717) is 5.03 Å². The Morgan fingerprint density at radius 2 is 1.88 bits per heavy atom. The van der Waals surface area contributed by atoms with Gasteiger partial charge < -0.3 is 0 Å². The van der Waals surface area contributed by atoms with E-state index < -0.39 is 11.0 Å². The Morgan fingerprint density at radius 1 is 1.50 bits per heavy atom. The van der Waals surface area contributed by atoms with Crippen LogP contribution in [0.1, 0.15) is 6.92 Å². The van der Waals surface area contributed by atoms with Gasteiger partial charge in [0.05, 0.1) is 0 Å². The molecule has 4 heteroatoms. The second-order valence-corrected chi connectivity index (χ2v) is 13.3. The maximum atomic E-state index is 5.69. The van der Waals surface area contributed by atoms with Gasteiger partial charge in [0.25, 0.3) is 0 Å². The van der Waals surface area contributed by atoms with Crippen LogP contribution in [0.4, 0.5) is 0 Å². The van der Waals surface area contributed by atoms with Gasteiger partial charge in [-0.15, -0.1) is 0 Å². The molecule has 50 valence electrons. The van der Waals surface area contributed by atoms with Gasteiger partial charge in [-0.2, -0.15) is 0 Å². The Morgan fingerprint density at radius 3 is 1.88 bits per heavy atom. The van der Waals surface area contributed by atoms with E-state index in [-0.39, 0.29) is 0 Å². The summed E-state index contributed by atoms with van der Waals surface area (Å²) in [7, 11) is 11.4. The van der Waals surface area contributed by atoms with Crippen LogP contribution in [0.15, 0.2) is 10.0 Å². The molecule has 8 heavy (non-hydrogen) atoms. The summed E-state index contributed by atoms with van der Waals surface area (Å²) in [6, 6.07) is 0. The molecule has 0 amide bonds. The SMILES string of the molecule is C/C(Cl)=C\[Se](C)(Cl)Cl. The van der Waals surface area contributed by atoms with Gasteiger partial charge in [-0.05, 0) is 0 Å². The van der Waals surface area contributed by atoms with E-state index in [4.69, 9.17) is 31.8 Å². The van der Waals surface area contributed by atoms with Crippen molar-refractivity contribution in [3.63, 3.8) is 0 Å². The van der Waals surface area contributed by atoms with E-state index in [9.17, 15) is 0 Å². The summed E-state index contributed by atoms with van der Waals surface area (Å²) in [5.41, 5.74) is 0. The third kappa shape index (κ3) is 7.13. The van der Waals surface area contributed by atoms with Gasteiger partial charge >= 0.3 is 65.6 Å². The molecule has 0 atom stereocenters. The molecular formula is C4H7Cl3Se. The summed E-state index contributed by atoms with van der Waals surface area (Å²) >= 11 is 3.27. The first-order chi connectivity index (χ1) is 3.42. The minimum absolute atomic E-state index is 0.678. The molecule has 0 aliphatic heterocycles. The van der Waals surface area contributed by atoms with E-state index in [1.807, 2.05) is 5.82 Å². The Kier molecular flexibility index (Phi) is 3.81. The Labute approximate surface area is 65.5 Å². The summed E-state index contributed by atoms with van der Waals surface area (Å²) in [5, 5.41) is 0.678. The molecule has 0 aromatic heterocycles. The number of halogens is 3. The van der Waals surface area contributed by atoms with Gasteiger partial charge in [0, 0.05) is 0 Å². The van der Waals surface area contributed by atoms with Gasteiger partial charge in [-0.1, -0.05) is 0 Å². The predicted octanol–water partition coefficient (Wildman–Crippen LogP) is 3.22. The molecule has 0 spiro atoms. The van der Waals surface area contributed by atoms with Crippen LogP contribution in [0.5, 0.6) is 0 Å². The molecule has 0 aromatic carbocycles. The van der Waals surface area contributed by atoms with Crippen molar-refractivity contribution >= 4 is 42.8 Å². The predicted molar refractivity (Wildman–Crippen MR) is 42.9 cm³/mol. The van der Waals surface area contributed by atoms with Crippen molar-refractivity contribution in [2.75, 3.05) is 0 Å². The zero-order valence-electron chi connectivity index (χ0n) is 4.62. The number of rotatable bonds is 1. The first-order valence-electron chi connectivity index (χ1n) is 1.93. The molecule has 0 saturated carbocycles. The first kappa shape index (κ1) is 9.13. The molecule has 0 radical (unpaired) electrons. The van der Waals surface area contributed by atoms with Crippen LogP contribution in [0, 0.1) is 0 Å². The number of allylic oxidation sites excluding steroid dienone is 1. The molecule has 0 aliphatic carbocycles.